The number of hydrogen-bond acceptors (Lipinski definition) is 4. The molecule has 0 amide bonds. The standard InChI is InChI=1S/C17H22FNO3/c1-19-13-7-8-14(19)10-15(9-13)22-16(21)17(18,11-20)12-5-3-2-4-6-12/h2-6,13-15,20H,7-11H2,1H3. The van der Waals surface area contributed by atoms with Crippen molar-refractivity contribution in [1.29, 1.82) is 0 Å². The minimum atomic E-state index is -2.48. The highest BCUT2D eigenvalue weighted by Gasteiger charge is 2.45. The zero-order valence-electron chi connectivity index (χ0n) is 12.7. The van der Waals surface area contributed by atoms with Gasteiger partial charge in [-0.15, -0.1) is 0 Å². The topological polar surface area (TPSA) is 49.8 Å². The first kappa shape index (κ1) is 15.4. The van der Waals surface area contributed by atoms with E-state index in [4.69, 9.17) is 4.74 Å². The van der Waals surface area contributed by atoms with Crippen molar-refractivity contribution in [3.05, 3.63) is 35.9 Å². The maximum absolute atomic E-state index is 15.0. The van der Waals surface area contributed by atoms with E-state index in [0.717, 1.165) is 25.7 Å². The molecule has 3 rings (SSSR count). The molecular weight excluding hydrogens is 285 g/mol. The molecule has 2 aliphatic heterocycles. The Balaban J connectivity index is 1.71. The first-order chi connectivity index (χ1) is 10.5. The molecule has 22 heavy (non-hydrogen) atoms. The van der Waals surface area contributed by atoms with Crippen LogP contribution in [-0.2, 0) is 15.2 Å². The molecular formula is C17H22FNO3. The summed E-state index contributed by atoms with van der Waals surface area (Å²) in [6.45, 7) is -0.907. The molecule has 3 unspecified atom stereocenters. The monoisotopic (exact) mass is 307 g/mol. The van der Waals surface area contributed by atoms with Gasteiger partial charge in [0.2, 0.25) is 0 Å². The third-order valence-electron chi connectivity index (χ3n) is 5.10. The van der Waals surface area contributed by atoms with Crippen molar-refractivity contribution in [2.45, 2.75) is 49.5 Å². The molecule has 4 nitrogen and oxygen atoms in total. The van der Waals surface area contributed by atoms with Gasteiger partial charge in [-0.25, -0.2) is 9.18 Å². The van der Waals surface area contributed by atoms with E-state index >= 15 is 0 Å². The molecule has 3 atom stereocenters. The van der Waals surface area contributed by atoms with E-state index in [1.807, 2.05) is 0 Å². The minimum absolute atomic E-state index is 0.137. The first-order valence-corrected chi connectivity index (χ1v) is 7.83. The number of ether oxygens (including phenoxy) is 1. The van der Waals surface area contributed by atoms with Crippen LogP contribution in [0.2, 0.25) is 0 Å². The smallest absolute Gasteiger partial charge is 0.351 e. The molecule has 0 aromatic heterocycles. The largest absolute Gasteiger partial charge is 0.460 e. The molecule has 1 aromatic carbocycles. The van der Waals surface area contributed by atoms with Crippen molar-refractivity contribution in [2.24, 2.45) is 0 Å². The second-order valence-corrected chi connectivity index (χ2v) is 6.37. The number of nitrogens with zero attached hydrogens (tertiary/aromatic N) is 1. The van der Waals surface area contributed by atoms with Crippen molar-refractivity contribution in [3.63, 3.8) is 0 Å². The Labute approximate surface area is 129 Å². The molecule has 0 aliphatic carbocycles. The predicted molar refractivity (Wildman–Crippen MR) is 80.0 cm³/mol. The summed E-state index contributed by atoms with van der Waals surface area (Å²) in [4.78, 5) is 14.6. The van der Waals surface area contributed by atoms with Crippen molar-refractivity contribution >= 4 is 5.97 Å². The number of benzene rings is 1. The summed E-state index contributed by atoms with van der Waals surface area (Å²) in [6, 6.07) is 8.84. The molecule has 2 saturated heterocycles. The van der Waals surface area contributed by atoms with E-state index in [9.17, 15) is 14.3 Å². The fourth-order valence-electron chi connectivity index (χ4n) is 3.68. The fourth-order valence-corrected chi connectivity index (χ4v) is 3.68. The number of fused-ring (bicyclic) bond motifs is 2. The SMILES string of the molecule is CN1C2CCC1CC(OC(=O)C(F)(CO)c1ccccc1)C2. The molecule has 5 heteroatoms. The van der Waals surface area contributed by atoms with E-state index < -0.39 is 18.2 Å². The fraction of sp³-hybridized carbons (Fsp3) is 0.588. The molecule has 1 aromatic rings. The molecule has 2 aliphatic rings. The molecule has 2 fully saturated rings. The minimum Gasteiger partial charge on any atom is -0.460 e. The van der Waals surface area contributed by atoms with Crippen LogP contribution < -0.4 is 0 Å². The van der Waals surface area contributed by atoms with Crippen molar-refractivity contribution in [2.75, 3.05) is 13.7 Å². The Bertz CT molecular complexity index is 524. The lowest BCUT2D eigenvalue weighted by atomic mass is 9.96. The normalized spacial score (nSPS) is 30.8. The van der Waals surface area contributed by atoms with Gasteiger partial charge in [-0.05, 0) is 32.7 Å². The van der Waals surface area contributed by atoms with Gasteiger partial charge in [0, 0.05) is 17.6 Å². The van der Waals surface area contributed by atoms with Gasteiger partial charge in [0.1, 0.15) is 6.10 Å². The Hall–Kier alpha value is -1.46. The maximum Gasteiger partial charge on any atom is 0.351 e. The summed E-state index contributed by atoms with van der Waals surface area (Å²) in [7, 11) is 2.09. The van der Waals surface area contributed by atoms with Crippen LogP contribution in [0, 0.1) is 0 Å². The van der Waals surface area contributed by atoms with E-state index in [2.05, 4.69) is 11.9 Å². The third kappa shape index (κ3) is 2.63. The number of carbonyl (C=O) groups excluding carboxylic acids is 1. The summed E-state index contributed by atoms with van der Waals surface area (Å²) < 4.78 is 20.4. The molecule has 0 spiro atoms. The zero-order chi connectivity index (χ0) is 15.7. The van der Waals surface area contributed by atoms with Crippen molar-refractivity contribution < 1.29 is 19.0 Å². The quantitative estimate of drug-likeness (QED) is 0.865. The Kier molecular flexibility index (Phi) is 4.19. The summed E-state index contributed by atoms with van der Waals surface area (Å²) in [5, 5.41) is 9.41. The van der Waals surface area contributed by atoms with Gasteiger partial charge in [0.05, 0.1) is 6.61 Å². The highest BCUT2D eigenvalue weighted by atomic mass is 19.1. The second-order valence-electron chi connectivity index (χ2n) is 6.37. The molecule has 2 heterocycles. The van der Waals surface area contributed by atoms with Crippen LogP contribution in [0.3, 0.4) is 0 Å². The molecule has 120 valence electrons. The number of halogens is 1. The van der Waals surface area contributed by atoms with Gasteiger partial charge in [0.15, 0.2) is 0 Å². The number of rotatable bonds is 4. The van der Waals surface area contributed by atoms with Crippen LogP contribution >= 0.6 is 0 Å². The molecule has 2 bridgehead atoms. The highest BCUT2D eigenvalue weighted by molar-refractivity contribution is 5.81. The summed E-state index contributed by atoms with van der Waals surface area (Å²) in [5.74, 6) is -0.977. The van der Waals surface area contributed by atoms with Crippen LogP contribution in [0.5, 0.6) is 0 Å². The third-order valence-corrected chi connectivity index (χ3v) is 5.10. The number of carbonyl (C=O) groups is 1. The van der Waals surface area contributed by atoms with Crippen LogP contribution in [0.1, 0.15) is 31.2 Å². The predicted octanol–water partition coefficient (Wildman–Crippen LogP) is 2.01. The summed E-state index contributed by atoms with van der Waals surface area (Å²) in [6.07, 6.45) is 3.44. The number of esters is 1. The average molecular weight is 307 g/mol. The van der Waals surface area contributed by atoms with Gasteiger partial charge in [-0.1, -0.05) is 30.3 Å². The Morgan fingerprint density at radius 3 is 2.45 bits per heavy atom. The molecule has 0 radical (unpaired) electrons. The highest BCUT2D eigenvalue weighted by Crippen LogP contribution is 2.37. The van der Waals surface area contributed by atoms with E-state index in [0.29, 0.717) is 12.1 Å². The number of aliphatic hydroxyl groups excluding tert-OH is 1. The lowest BCUT2D eigenvalue weighted by Gasteiger charge is -2.36. The van der Waals surface area contributed by atoms with Crippen molar-refractivity contribution in [1.82, 2.24) is 4.90 Å². The number of piperidine rings is 1. The van der Waals surface area contributed by atoms with Gasteiger partial charge >= 0.3 is 5.97 Å². The number of hydrogen-bond donors (Lipinski definition) is 1. The number of alkyl halides is 1. The van der Waals surface area contributed by atoms with Crippen LogP contribution in [0.25, 0.3) is 0 Å². The lowest BCUT2D eigenvalue weighted by molar-refractivity contribution is -0.170. The Morgan fingerprint density at radius 2 is 1.91 bits per heavy atom. The van der Waals surface area contributed by atoms with Crippen molar-refractivity contribution in [3.8, 4) is 0 Å². The Morgan fingerprint density at radius 1 is 1.32 bits per heavy atom. The second kappa shape index (κ2) is 5.97. The van der Waals surface area contributed by atoms with E-state index in [1.54, 1.807) is 18.2 Å². The van der Waals surface area contributed by atoms with Gasteiger partial charge in [0.25, 0.3) is 5.67 Å². The number of aliphatic hydroxyl groups is 1. The van der Waals surface area contributed by atoms with Gasteiger partial charge < -0.3 is 14.7 Å². The van der Waals surface area contributed by atoms with Gasteiger partial charge in [-0.2, -0.15) is 0 Å². The summed E-state index contributed by atoms with van der Waals surface area (Å²) >= 11 is 0. The van der Waals surface area contributed by atoms with E-state index in [-0.39, 0.29) is 11.7 Å². The maximum atomic E-state index is 15.0. The first-order valence-electron chi connectivity index (χ1n) is 7.83. The van der Waals surface area contributed by atoms with E-state index in [1.165, 1.54) is 12.1 Å². The summed E-state index contributed by atoms with van der Waals surface area (Å²) in [5.41, 5.74) is -2.35. The van der Waals surface area contributed by atoms with Gasteiger partial charge in [-0.3, -0.25) is 0 Å². The van der Waals surface area contributed by atoms with Crippen LogP contribution in [0.4, 0.5) is 4.39 Å². The molecule has 0 saturated carbocycles. The van der Waals surface area contributed by atoms with Crippen LogP contribution in [-0.4, -0.2) is 47.8 Å². The lowest BCUT2D eigenvalue weighted by Crippen LogP contribution is -2.46. The van der Waals surface area contributed by atoms with Crippen LogP contribution in [0.15, 0.2) is 30.3 Å². The molecule has 1 N–H and O–H groups in total. The average Bonchev–Trinajstić information content (AvgIpc) is 2.76. The zero-order valence-corrected chi connectivity index (χ0v) is 12.7.